The van der Waals surface area contributed by atoms with Crippen LogP contribution in [0.3, 0.4) is 0 Å². The van der Waals surface area contributed by atoms with Gasteiger partial charge in [0.25, 0.3) is 0 Å². The molecular weight excluding hydrogens is 401 g/mol. The Bertz CT molecular complexity index is 771. The number of imidazole rings is 2. The van der Waals surface area contributed by atoms with Gasteiger partial charge in [0.2, 0.25) is 5.82 Å². The molecule has 0 aliphatic heterocycles. The minimum Gasteiger partial charge on any atom is -0.542 e. The van der Waals surface area contributed by atoms with Crippen LogP contribution in [0.2, 0.25) is 0 Å². The zero-order valence-electron chi connectivity index (χ0n) is 13.7. The van der Waals surface area contributed by atoms with Crippen molar-refractivity contribution < 1.29 is 75.3 Å². The SMILES string of the molecule is CCOC(=O)c1ncc(C(F)(F)F)[nH]1.O=C([O-])c1ncc(C(F)(F)F)[nH]1.[Na+]. The number of hydrogen-bond acceptors (Lipinski definition) is 6. The maximum atomic E-state index is 12.0. The van der Waals surface area contributed by atoms with E-state index < -0.39 is 47.3 Å². The number of nitrogens with zero attached hydrogens (tertiary/aromatic N) is 2. The number of H-pyrrole nitrogens is 2. The summed E-state index contributed by atoms with van der Waals surface area (Å²) in [4.78, 5) is 30.4. The van der Waals surface area contributed by atoms with Crippen LogP contribution in [0.5, 0.6) is 0 Å². The number of carboxylic acids is 1. The van der Waals surface area contributed by atoms with Crippen LogP contribution in [-0.4, -0.2) is 38.5 Å². The van der Waals surface area contributed by atoms with Crippen LogP contribution in [0, 0.1) is 0 Å². The molecule has 2 rings (SSSR count). The van der Waals surface area contributed by atoms with Crippen molar-refractivity contribution in [2.75, 3.05) is 6.61 Å². The standard InChI is InChI=1S/C7H7F3N2O2.C5H3F3N2O2.Na/c1-2-14-6(13)5-11-3-4(12-5)7(8,9)10;6-5(7,8)2-1-9-3(10-2)4(11)12;/h3H,2H2,1H3,(H,11,12);1H,(H,9,10)(H,11,12);/q;;+1/p-1. The third-order valence-corrected chi connectivity index (χ3v) is 2.42. The first kappa shape index (κ1) is 24.9. The first-order valence-corrected chi connectivity index (χ1v) is 6.49. The average molecular weight is 410 g/mol. The third-order valence-electron chi connectivity index (χ3n) is 2.42. The van der Waals surface area contributed by atoms with E-state index in [9.17, 15) is 41.0 Å². The Morgan fingerprint density at radius 3 is 1.70 bits per heavy atom. The molecule has 27 heavy (non-hydrogen) atoms. The van der Waals surface area contributed by atoms with Gasteiger partial charge >= 0.3 is 47.9 Å². The second kappa shape index (κ2) is 9.75. The number of carbonyl (C=O) groups is 2. The Labute approximate surface area is 168 Å². The molecule has 144 valence electrons. The maximum absolute atomic E-state index is 12.0. The van der Waals surface area contributed by atoms with E-state index in [1.807, 2.05) is 4.98 Å². The van der Waals surface area contributed by atoms with E-state index in [0.29, 0.717) is 12.4 Å². The minimum absolute atomic E-state index is 0. The van der Waals surface area contributed by atoms with Crippen molar-refractivity contribution in [1.82, 2.24) is 19.9 Å². The molecule has 0 unspecified atom stereocenters. The number of carboxylic acid groups (broad SMARTS) is 1. The fourth-order valence-electron chi connectivity index (χ4n) is 1.34. The van der Waals surface area contributed by atoms with Gasteiger partial charge < -0.3 is 24.6 Å². The maximum Gasteiger partial charge on any atom is 1.00 e. The third kappa shape index (κ3) is 7.60. The van der Waals surface area contributed by atoms with Crippen LogP contribution in [0.1, 0.15) is 39.5 Å². The predicted molar refractivity (Wildman–Crippen MR) is 67.5 cm³/mol. The largest absolute Gasteiger partial charge is 1.00 e. The predicted octanol–water partition coefficient (Wildman–Crippen LogP) is -1.60. The van der Waals surface area contributed by atoms with Gasteiger partial charge in [0.05, 0.1) is 19.0 Å². The Kier molecular flexibility index (Phi) is 9.01. The van der Waals surface area contributed by atoms with Gasteiger partial charge in [-0.1, -0.05) is 0 Å². The number of rotatable bonds is 3. The molecule has 0 aliphatic rings. The van der Waals surface area contributed by atoms with Gasteiger partial charge in [-0.2, -0.15) is 26.3 Å². The van der Waals surface area contributed by atoms with E-state index in [2.05, 4.69) is 14.7 Å². The number of esters is 1. The number of ether oxygens (including phenoxy) is 1. The van der Waals surface area contributed by atoms with E-state index in [1.54, 1.807) is 11.9 Å². The quantitative estimate of drug-likeness (QED) is 0.357. The van der Waals surface area contributed by atoms with Crippen LogP contribution in [0.15, 0.2) is 12.4 Å². The number of halogens is 6. The second-order valence-electron chi connectivity index (χ2n) is 4.29. The van der Waals surface area contributed by atoms with Gasteiger partial charge in [-0.25, -0.2) is 14.8 Å². The molecule has 2 heterocycles. The summed E-state index contributed by atoms with van der Waals surface area (Å²) in [6, 6.07) is 0. The number of alkyl halides is 6. The molecule has 0 spiro atoms. The molecule has 0 aliphatic carbocycles. The summed E-state index contributed by atoms with van der Waals surface area (Å²) in [5.74, 6) is -3.95. The van der Waals surface area contributed by atoms with Crippen LogP contribution >= 0.6 is 0 Å². The fraction of sp³-hybridized carbons (Fsp3) is 0.333. The Morgan fingerprint density at radius 1 is 1.00 bits per heavy atom. The first-order chi connectivity index (χ1) is 11.9. The summed E-state index contributed by atoms with van der Waals surface area (Å²) < 4.78 is 75.9. The normalized spacial score (nSPS) is 11.1. The van der Waals surface area contributed by atoms with Crippen molar-refractivity contribution in [3.05, 3.63) is 35.4 Å². The van der Waals surface area contributed by atoms with Crippen molar-refractivity contribution in [2.24, 2.45) is 0 Å². The molecule has 0 aromatic carbocycles. The van der Waals surface area contributed by atoms with Crippen LogP contribution in [0.4, 0.5) is 26.3 Å². The fourth-order valence-corrected chi connectivity index (χ4v) is 1.34. The number of nitrogens with one attached hydrogen (secondary N) is 2. The zero-order chi connectivity index (χ0) is 20.1. The second-order valence-corrected chi connectivity index (χ2v) is 4.29. The topological polar surface area (TPSA) is 124 Å². The molecule has 0 saturated heterocycles. The van der Waals surface area contributed by atoms with Crippen LogP contribution in [-0.2, 0) is 17.1 Å². The monoisotopic (exact) mass is 410 g/mol. The van der Waals surface area contributed by atoms with Crippen molar-refractivity contribution in [1.29, 1.82) is 0 Å². The van der Waals surface area contributed by atoms with Crippen LogP contribution in [0.25, 0.3) is 0 Å². The van der Waals surface area contributed by atoms with Gasteiger partial charge in [-0.15, -0.1) is 0 Å². The summed E-state index contributed by atoms with van der Waals surface area (Å²) in [7, 11) is 0. The molecule has 0 atom stereocenters. The minimum atomic E-state index is -4.61. The van der Waals surface area contributed by atoms with Gasteiger partial charge in [-0.3, -0.25) is 0 Å². The molecule has 2 aromatic heterocycles. The Morgan fingerprint density at radius 2 is 1.41 bits per heavy atom. The van der Waals surface area contributed by atoms with Gasteiger partial charge in [-0.05, 0) is 6.92 Å². The van der Waals surface area contributed by atoms with Gasteiger partial charge in [0.1, 0.15) is 17.4 Å². The van der Waals surface area contributed by atoms with Gasteiger partial charge in [0, 0.05) is 0 Å². The van der Waals surface area contributed by atoms with E-state index in [1.165, 1.54) is 0 Å². The van der Waals surface area contributed by atoms with E-state index in [-0.39, 0.29) is 36.2 Å². The summed E-state index contributed by atoms with van der Waals surface area (Å²) >= 11 is 0. The number of carbonyl (C=O) groups excluding carboxylic acids is 2. The molecule has 15 heteroatoms. The van der Waals surface area contributed by atoms with Gasteiger partial charge in [0.15, 0.2) is 5.82 Å². The summed E-state index contributed by atoms with van der Waals surface area (Å²) in [6.07, 6.45) is -8.20. The average Bonchev–Trinajstić information content (AvgIpc) is 3.17. The molecule has 2 aromatic rings. The number of aromatic nitrogens is 4. The molecule has 2 N–H and O–H groups in total. The summed E-state index contributed by atoms with van der Waals surface area (Å²) in [6.45, 7) is 1.63. The molecule has 0 fully saturated rings. The van der Waals surface area contributed by atoms with Crippen molar-refractivity contribution >= 4 is 11.9 Å². The molecular formula is C12H9F6N4NaO4. The molecule has 0 amide bonds. The molecule has 0 bridgehead atoms. The Balaban J connectivity index is 0.000000488. The van der Waals surface area contributed by atoms with Crippen molar-refractivity contribution in [2.45, 2.75) is 19.3 Å². The smallest absolute Gasteiger partial charge is 0.542 e. The number of aromatic amines is 2. The zero-order valence-corrected chi connectivity index (χ0v) is 15.7. The summed E-state index contributed by atoms with van der Waals surface area (Å²) in [5, 5.41) is 9.97. The Hall–Kier alpha value is -2.06. The van der Waals surface area contributed by atoms with Crippen LogP contribution < -0.4 is 34.7 Å². The molecule has 0 saturated carbocycles. The molecule has 0 radical (unpaired) electrons. The number of hydrogen-bond donors (Lipinski definition) is 2. The first-order valence-electron chi connectivity index (χ1n) is 6.49. The number of aromatic carboxylic acids is 1. The van der Waals surface area contributed by atoms with E-state index >= 15 is 0 Å². The summed E-state index contributed by atoms with van der Waals surface area (Å²) in [5.41, 5.74) is -2.28. The molecule has 8 nitrogen and oxygen atoms in total. The van der Waals surface area contributed by atoms with Crippen molar-refractivity contribution in [3.63, 3.8) is 0 Å². The van der Waals surface area contributed by atoms with E-state index in [0.717, 1.165) is 0 Å². The van der Waals surface area contributed by atoms with Crippen molar-refractivity contribution in [3.8, 4) is 0 Å². The van der Waals surface area contributed by atoms with E-state index in [4.69, 9.17) is 0 Å².